The molecule has 0 aliphatic heterocycles. The highest BCUT2D eigenvalue weighted by atomic mass is 15.2. The molecule has 7 aromatic rings. The molecule has 0 saturated heterocycles. The summed E-state index contributed by atoms with van der Waals surface area (Å²) >= 11 is 0. The van der Waals surface area contributed by atoms with Crippen LogP contribution < -0.4 is 9.80 Å². The van der Waals surface area contributed by atoms with E-state index in [1.165, 1.54) is 177 Å². The second-order valence-electron chi connectivity index (χ2n) is 25.0. The van der Waals surface area contributed by atoms with Crippen LogP contribution in [0.4, 0.5) is 34.1 Å². The van der Waals surface area contributed by atoms with Crippen LogP contribution in [0.2, 0.25) is 0 Å². The van der Waals surface area contributed by atoms with Gasteiger partial charge in [0, 0.05) is 39.5 Å². The van der Waals surface area contributed by atoms with Crippen molar-refractivity contribution in [3.8, 4) is 22.3 Å². The maximum atomic E-state index is 2.71. The Balaban J connectivity index is 1.17. The average molecular weight is 1080 g/mol. The van der Waals surface area contributed by atoms with Crippen molar-refractivity contribution in [3.63, 3.8) is 0 Å². The van der Waals surface area contributed by atoms with Crippen LogP contribution in [-0.4, -0.2) is 0 Å². The molecule has 0 heterocycles. The summed E-state index contributed by atoms with van der Waals surface area (Å²) in [5, 5.41) is 0. The molecule has 430 valence electrons. The quantitative estimate of drug-likeness (QED) is 0.0378. The zero-order valence-electron chi connectivity index (χ0n) is 52.4. The zero-order valence-corrected chi connectivity index (χ0v) is 52.4. The van der Waals surface area contributed by atoms with Crippen molar-refractivity contribution in [2.75, 3.05) is 9.80 Å². The van der Waals surface area contributed by atoms with Crippen molar-refractivity contribution in [1.82, 2.24) is 0 Å². The first kappa shape index (κ1) is 61.2. The van der Waals surface area contributed by atoms with Gasteiger partial charge in [0.05, 0.1) is 0 Å². The topological polar surface area (TPSA) is 6.48 Å². The van der Waals surface area contributed by atoms with Gasteiger partial charge in [-0.05, 0) is 210 Å². The minimum absolute atomic E-state index is 0.0173. The van der Waals surface area contributed by atoms with Crippen LogP contribution in [0.25, 0.3) is 22.3 Å². The zero-order chi connectivity index (χ0) is 57.2. The van der Waals surface area contributed by atoms with E-state index in [2.05, 4.69) is 237 Å². The van der Waals surface area contributed by atoms with Gasteiger partial charge in [-0.1, -0.05) is 238 Å². The summed E-state index contributed by atoms with van der Waals surface area (Å²) in [7, 11) is 0. The molecule has 0 radical (unpaired) electrons. The van der Waals surface area contributed by atoms with E-state index in [1.807, 2.05) is 0 Å². The molecular weight excluding hydrogens is 977 g/mol. The fourth-order valence-electron chi connectivity index (χ4n) is 13.3. The number of nitrogens with zero attached hydrogens (tertiary/aromatic N) is 2. The first-order chi connectivity index (χ1) is 39.5. The fraction of sp³-hybridized carbons (Fsp3) is 0.468. The summed E-state index contributed by atoms with van der Waals surface area (Å²) in [6.45, 7) is 23.6. The van der Waals surface area contributed by atoms with Gasteiger partial charge >= 0.3 is 0 Å². The van der Waals surface area contributed by atoms with Crippen molar-refractivity contribution in [1.29, 1.82) is 0 Å². The summed E-state index contributed by atoms with van der Waals surface area (Å²) in [6.07, 6.45) is 30.0. The van der Waals surface area contributed by atoms with E-state index in [0.717, 1.165) is 55.6 Å². The number of hydrogen-bond donors (Lipinski definition) is 0. The highest BCUT2D eigenvalue weighted by Crippen LogP contribution is 2.56. The molecule has 1 aliphatic carbocycles. The molecule has 0 aromatic heterocycles. The summed E-state index contributed by atoms with van der Waals surface area (Å²) in [5.74, 6) is 0. The number of fused-ring (bicyclic) bond motifs is 3. The molecule has 0 amide bonds. The monoisotopic (exact) mass is 1080 g/mol. The fourth-order valence-corrected chi connectivity index (χ4v) is 13.3. The number of rotatable bonds is 33. The van der Waals surface area contributed by atoms with Crippen molar-refractivity contribution >= 4 is 34.1 Å². The van der Waals surface area contributed by atoms with Gasteiger partial charge in [-0.25, -0.2) is 0 Å². The van der Waals surface area contributed by atoms with Crippen molar-refractivity contribution < 1.29 is 0 Å². The van der Waals surface area contributed by atoms with Crippen LogP contribution in [0.1, 0.15) is 244 Å². The van der Waals surface area contributed by atoms with E-state index >= 15 is 0 Å². The normalized spacial score (nSPS) is 12.9. The molecule has 0 fully saturated rings. The molecule has 2 nitrogen and oxygen atoms in total. The van der Waals surface area contributed by atoms with Gasteiger partial charge in [0.1, 0.15) is 0 Å². The highest BCUT2D eigenvalue weighted by Gasteiger charge is 2.43. The Morgan fingerprint density at radius 1 is 0.309 bits per heavy atom. The molecule has 2 heteroatoms. The summed E-state index contributed by atoms with van der Waals surface area (Å²) in [4.78, 5) is 4.89. The molecule has 0 N–H and O–H groups in total. The Hall–Kier alpha value is -5.86. The number of aryl methyl sites for hydroxylation is 2. The third-order valence-electron chi connectivity index (χ3n) is 19.8. The van der Waals surface area contributed by atoms with Crippen LogP contribution in [0.5, 0.6) is 0 Å². The lowest BCUT2D eigenvalue weighted by Gasteiger charge is -2.35. The first-order valence-corrected chi connectivity index (χ1v) is 32.9. The van der Waals surface area contributed by atoms with E-state index in [9.17, 15) is 0 Å². The maximum Gasteiger partial charge on any atom is 0.0463 e. The number of benzene rings is 7. The van der Waals surface area contributed by atoms with Crippen LogP contribution >= 0.6 is 0 Å². The summed E-state index contributed by atoms with van der Waals surface area (Å²) < 4.78 is 0. The second kappa shape index (κ2) is 29.4. The van der Waals surface area contributed by atoms with Crippen molar-refractivity contribution in [3.05, 3.63) is 191 Å². The SMILES string of the molecule is CCCCCCCCC1(CCCCCCCC)c2cc(-c3ccc(N(c4ccc(CCCC)cc4)c4ccc(N(c5ccc(CCCC)cc5)c5ccc(C(C)(CC)CC)cc5)cc4)cc3)ccc2-c2ccc(C(C)(CC)CC)cc21. The van der Waals surface area contributed by atoms with Gasteiger partial charge in [0.2, 0.25) is 0 Å². The van der Waals surface area contributed by atoms with E-state index in [-0.39, 0.29) is 16.2 Å². The summed E-state index contributed by atoms with van der Waals surface area (Å²) in [5.41, 5.74) is 21.8. The molecule has 8 rings (SSSR count). The maximum absolute atomic E-state index is 2.71. The average Bonchev–Trinajstić information content (AvgIpc) is 2.79. The largest absolute Gasteiger partial charge is 0.311 e. The van der Waals surface area contributed by atoms with Crippen LogP contribution in [-0.2, 0) is 29.1 Å². The molecule has 0 unspecified atom stereocenters. The van der Waals surface area contributed by atoms with Gasteiger partial charge in [0.15, 0.2) is 0 Å². The molecular formula is C79H104N2. The predicted molar refractivity (Wildman–Crippen MR) is 357 cm³/mol. The van der Waals surface area contributed by atoms with Crippen molar-refractivity contribution in [2.24, 2.45) is 0 Å². The molecule has 0 spiro atoms. The Morgan fingerprint density at radius 3 is 1.05 bits per heavy atom. The van der Waals surface area contributed by atoms with Crippen molar-refractivity contribution in [2.45, 2.75) is 240 Å². The minimum atomic E-state index is 0.0173. The van der Waals surface area contributed by atoms with E-state index in [1.54, 1.807) is 11.1 Å². The molecule has 1 aliphatic rings. The smallest absolute Gasteiger partial charge is 0.0463 e. The Kier molecular flexibility index (Phi) is 22.2. The van der Waals surface area contributed by atoms with Gasteiger partial charge in [-0.3, -0.25) is 0 Å². The van der Waals surface area contributed by atoms with Gasteiger partial charge in [-0.15, -0.1) is 0 Å². The van der Waals surface area contributed by atoms with Gasteiger partial charge < -0.3 is 9.80 Å². The van der Waals surface area contributed by atoms with Crippen LogP contribution in [0, 0.1) is 0 Å². The van der Waals surface area contributed by atoms with E-state index in [0.29, 0.717) is 0 Å². The Labute approximate surface area is 494 Å². The molecule has 0 saturated carbocycles. The van der Waals surface area contributed by atoms with E-state index < -0.39 is 0 Å². The molecule has 81 heavy (non-hydrogen) atoms. The van der Waals surface area contributed by atoms with Crippen LogP contribution in [0.15, 0.2) is 158 Å². The summed E-state index contributed by atoms with van der Waals surface area (Å²) in [6, 6.07) is 62.2. The van der Waals surface area contributed by atoms with Crippen LogP contribution in [0.3, 0.4) is 0 Å². The van der Waals surface area contributed by atoms with Gasteiger partial charge in [0.25, 0.3) is 0 Å². The standard InChI is InChI=1S/C79H104N2/c1-11-19-23-25-27-29-57-79(58-30-28-26-24-20-12-2)75-59-64(39-55-73(75)74-56-42-66(60-76(74)79)78(10,17-7)18-8)63-37-47-69(48-38-63)80(67-43-33-61(34-44-67)31-21-13-3)71-51-53-72(54-52-71)81(68-45-35-62(36-46-68)32-22-14-4)70-49-40-65(41-50-70)77(9,15-5)16-6/h33-56,59-60H,11-32,57-58H2,1-10H3. The Morgan fingerprint density at radius 2 is 0.630 bits per heavy atom. The lowest BCUT2D eigenvalue weighted by molar-refractivity contribution is 0.395. The second-order valence-corrected chi connectivity index (χ2v) is 25.0. The number of anilines is 6. The first-order valence-electron chi connectivity index (χ1n) is 32.9. The lowest BCUT2D eigenvalue weighted by Crippen LogP contribution is -2.27. The van der Waals surface area contributed by atoms with Gasteiger partial charge in [-0.2, -0.15) is 0 Å². The third kappa shape index (κ3) is 14.3. The van der Waals surface area contributed by atoms with E-state index in [4.69, 9.17) is 0 Å². The number of hydrogen-bond acceptors (Lipinski definition) is 2. The molecule has 0 atom stereocenters. The molecule has 0 bridgehead atoms. The molecule has 7 aromatic carbocycles. The Bertz CT molecular complexity index is 2950. The third-order valence-corrected chi connectivity index (χ3v) is 19.8. The lowest BCUT2D eigenvalue weighted by atomic mass is 9.68. The highest BCUT2D eigenvalue weighted by molar-refractivity contribution is 5.86. The predicted octanol–water partition coefficient (Wildman–Crippen LogP) is 24.9. The minimum Gasteiger partial charge on any atom is -0.311 e. The number of unbranched alkanes of at least 4 members (excludes halogenated alkanes) is 12.